The normalized spacial score (nSPS) is 9.64. The number of rotatable bonds is 3. The summed E-state index contributed by atoms with van der Waals surface area (Å²) in [5.41, 5.74) is 2.12. The second-order valence-corrected chi connectivity index (χ2v) is 3.42. The molecular weight excluding hydrogens is 248 g/mol. The Morgan fingerprint density at radius 3 is 2.64 bits per heavy atom. The summed E-state index contributed by atoms with van der Waals surface area (Å²) in [7, 11) is 0. The lowest BCUT2D eigenvalue weighted by Crippen LogP contribution is -2.27. The number of hydrogen-bond acceptors (Lipinski definition) is 2. The molecule has 0 aromatic heterocycles. The maximum Gasteiger partial charge on any atom is 0.267 e. The van der Waals surface area contributed by atoms with Crippen molar-refractivity contribution in [2.45, 2.75) is 0 Å². The van der Waals surface area contributed by atoms with Crippen LogP contribution in [0.5, 0.6) is 5.75 Å². The predicted molar refractivity (Wildman–Crippen MR) is 56.0 cm³/mol. The maximum absolute atomic E-state index is 10.7. The number of carbonyl (C=O) groups excluding carboxylic acids is 1. The summed E-state index contributed by atoms with van der Waals surface area (Å²) in [4.78, 5) is 15.6. The van der Waals surface area contributed by atoms with E-state index in [1.54, 1.807) is 12.1 Å². The van der Waals surface area contributed by atoms with E-state index in [2.05, 4.69) is 5.48 Å². The van der Waals surface area contributed by atoms with Crippen LogP contribution in [0.25, 0.3) is 0 Å². The van der Waals surface area contributed by atoms with Crippen molar-refractivity contribution in [1.82, 2.24) is 5.48 Å². The summed E-state index contributed by atoms with van der Waals surface area (Å²) in [6, 6.07) is 4.62. The van der Waals surface area contributed by atoms with E-state index in [9.17, 15) is 4.79 Å². The highest BCUT2D eigenvalue weighted by molar-refractivity contribution is 6.42. The van der Waals surface area contributed by atoms with Crippen LogP contribution < -0.4 is 10.3 Å². The van der Waals surface area contributed by atoms with Gasteiger partial charge in [-0.3, -0.25) is 4.79 Å². The molecule has 1 rings (SSSR count). The summed E-state index contributed by atoms with van der Waals surface area (Å²) < 4.78 is 0. The Labute approximate surface area is 95.9 Å². The van der Waals surface area contributed by atoms with Gasteiger partial charge in [0, 0.05) is 6.07 Å². The molecule has 1 N–H and O–H groups in total. The van der Waals surface area contributed by atoms with Crippen molar-refractivity contribution in [3.05, 3.63) is 28.2 Å². The zero-order valence-electron chi connectivity index (χ0n) is 6.89. The van der Waals surface area contributed by atoms with Gasteiger partial charge in [0.15, 0.2) is 5.75 Å². The molecule has 0 aliphatic carbocycles. The van der Waals surface area contributed by atoms with Crippen LogP contribution in [0.2, 0.25) is 10.0 Å². The molecule has 0 unspecified atom stereocenters. The lowest BCUT2D eigenvalue weighted by atomic mass is 10.3. The first-order valence-electron chi connectivity index (χ1n) is 3.60. The van der Waals surface area contributed by atoms with E-state index in [-0.39, 0.29) is 5.88 Å². The number of nitrogens with one attached hydrogen (secondary N) is 1. The van der Waals surface area contributed by atoms with Gasteiger partial charge >= 0.3 is 0 Å². The summed E-state index contributed by atoms with van der Waals surface area (Å²) >= 11 is 16.6. The molecule has 1 aromatic rings. The molecule has 0 spiro atoms. The molecule has 0 heterocycles. The van der Waals surface area contributed by atoms with Gasteiger partial charge < -0.3 is 4.84 Å². The molecule has 1 aromatic carbocycles. The standard InChI is InChI=1S/C8H6Cl3NO2/c9-4-8(13)12-14-5-1-2-6(10)7(11)3-5/h1-3H,4H2,(H,12,13). The van der Waals surface area contributed by atoms with E-state index in [1.165, 1.54) is 6.07 Å². The van der Waals surface area contributed by atoms with Crippen molar-refractivity contribution in [1.29, 1.82) is 0 Å². The zero-order chi connectivity index (χ0) is 10.6. The quantitative estimate of drug-likeness (QED) is 0.665. The molecule has 0 fully saturated rings. The fourth-order valence-corrected chi connectivity index (χ4v) is 1.03. The summed E-state index contributed by atoms with van der Waals surface area (Å²) in [6.45, 7) is 0. The fraction of sp³-hybridized carbons (Fsp3) is 0.125. The van der Waals surface area contributed by atoms with E-state index < -0.39 is 5.91 Å². The average Bonchev–Trinajstić information content (AvgIpc) is 2.19. The smallest absolute Gasteiger partial charge is 0.267 e. The zero-order valence-corrected chi connectivity index (χ0v) is 9.16. The second-order valence-electron chi connectivity index (χ2n) is 2.34. The van der Waals surface area contributed by atoms with Crippen LogP contribution in [0.3, 0.4) is 0 Å². The van der Waals surface area contributed by atoms with E-state index in [0.29, 0.717) is 15.8 Å². The Balaban J connectivity index is 2.60. The third-order valence-corrected chi connectivity index (χ3v) is 2.28. The van der Waals surface area contributed by atoms with Crippen LogP contribution in [-0.2, 0) is 4.79 Å². The van der Waals surface area contributed by atoms with Gasteiger partial charge in [0.25, 0.3) is 5.91 Å². The fourth-order valence-electron chi connectivity index (χ4n) is 0.683. The number of halogens is 3. The molecule has 0 bridgehead atoms. The number of alkyl halides is 1. The Hall–Kier alpha value is -0.640. The molecule has 76 valence electrons. The topological polar surface area (TPSA) is 38.3 Å². The average molecular weight is 255 g/mol. The van der Waals surface area contributed by atoms with Crippen molar-refractivity contribution in [3.63, 3.8) is 0 Å². The molecule has 6 heteroatoms. The molecule has 3 nitrogen and oxygen atoms in total. The van der Waals surface area contributed by atoms with Gasteiger partial charge in [-0.1, -0.05) is 23.2 Å². The minimum Gasteiger partial charge on any atom is -0.379 e. The molecule has 0 aliphatic rings. The molecule has 0 saturated heterocycles. The molecule has 0 radical (unpaired) electrons. The maximum atomic E-state index is 10.7. The minimum atomic E-state index is -0.433. The summed E-state index contributed by atoms with van der Waals surface area (Å²) in [5, 5.41) is 0.770. The monoisotopic (exact) mass is 253 g/mol. The van der Waals surface area contributed by atoms with Crippen molar-refractivity contribution in [3.8, 4) is 5.75 Å². The highest BCUT2D eigenvalue weighted by Gasteiger charge is 2.02. The highest BCUT2D eigenvalue weighted by Crippen LogP contribution is 2.25. The van der Waals surface area contributed by atoms with Crippen LogP contribution in [0.4, 0.5) is 0 Å². The number of benzene rings is 1. The van der Waals surface area contributed by atoms with Gasteiger partial charge in [0.2, 0.25) is 0 Å². The number of carbonyl (C=O) groups is 1. The van der Waals surface area contributed by atoms with E-state index >= 15 is 0 Å². The predicted octanol–water partition coefficient (Wildman–Crippen LogP) is 2.64. The van der Waals surface area contributed by atoms with Crippen LogP contribution in [0.15, 0.2) is 18.2 Å². The van der Waals surface area contributed by atoms with Gasteiger partial charge in [-0.15, -0.1) is 11.6 Å². The molecule has 0 atom stereocenters. The van der Waals surface area contributed by atoms with Gasteiger partial charge in [-0.2, -0.15) is 5.48 Å². The van der Waals surface area contributed by atoms with Gasteiger partial charge in [0.1, 0.15) is 5.88 Å². The summed E-state index contributed by atoms with van der Waals surface area (Å²) in [6.07, 6.45) is 0. The number of hydroxylamine groups is 1. The SMILES string of the molecule is O=C(CCl)NOc1ccc(Cl)c(Cl)c1. The van der Waals surface area contributed by atoms with E-state index in [4.69, 9.17) is 39.6 Å². The van der Waals surface area contributed by atoms with Gasteiger partial charge in [-0.25, -0.2) is 0 Å². The molecule has 0 saturated carbocycles. The largest absolute Gasteiger partial charge is 0.379 e. The number of hydrogen-bond donors (Lipinski definition) is 1. The van der Waals surface area contributed by atoms with Crippen molar-refractivity contribution in [2.24, 2.45) is 0 Å². The van der Waals surface area contributed by atoms with Crippen LogP contribution in [-0.4, -0.2) is 11.8 Å². The Kier molecular flexibility index (Phi) is 4.32. The highest BCUT2D eigenvalue weighted by atomic mass is 35.5. The lowest BCUT2D eigenvalue weighted by Gasteiger charge is -2.05. The van der Waals surface area contributed by atoms with Crippen molar-refractivity contribution < 1.29 is 9.63 Å². The second kappa shape index (κ2) is 5.29. The third kappa shape index (κ3) is 3.25. The van der Waals surface area contributed by atoms with Crippen LogP contribution in [0.1, 0.15) is 0 Å². The van der Waals surface area contributed by atoms with E-state index in [0.717, 1.165) is 0 Å². The van der Waals surface area contributed by atoms with Gasteiger partial charge in [0.05, 0.1) is 10.0 Å². The Morgan fingerprint density at radius 1 is 1.36 bits per heavy atom. The third-order valence-electron chi connectivity index (χ3n) is 1.30. The van der Waals surface area contributed by atoms with E-state index in [1.807, 2.05) is 0 Å². The molecule has 0 aliphatic heterocycles. The first-order chi connectivity index (χ1) is 6.63. The first kappa shape index (κ1) is 11.4. The molecular formula is C8H6Cl3NO2. The summed E-state index contributed by atoms with van der Waals surface area (Å²) in [5.74, 6) is -0.211. The van der Waals surface area contributed by atoms with Crippen LogP contribution >= 0.6 is 34.8 Å². The van der Waals surface area contributed by atoms with Gasteiger partial charge in [-0.05, 0) is 12.1 Å². The number of amides is 1. The molecule has 14 heavy (non-hydrogen) atoms. The van der Waals surface area contributed by atoms with Crippen LogP contribution in [0, 0.1) is 0 Å². The lowest BCUT2D eigenvalue weighted by molar-refractivity contribution is -0.125. The Bertz CT molecular complexity index is 343. The Morgan fingerprint density at radius 2 is 2.07 bits per heavy atom. The van der Waals surface area contributed by atoms with Crippen molar-refractivity contribution >= 4 is 40.7 Å². The minimum absolute atomic E-state index is 0.165. The first-order valence-corrected chi connectivity index (χ1v) is 4.89. The molecule has 1 amide bonds. The van der Waals surface area contributed by atoms with Crippen molar-refractivity contribution in [2.75, 3.05) is 5.88 Å².